The Balaban J connectivity index is 1.84. The van der Waals surface area contributed by atoms with E-state index in [1.54, 1.807) is 6.07 Å². The second-order valence-electron chi connectivity index (χ2n) is 5.79. The first kappa shape index (κ1) is 15.7. The van der Waals surface area contributed by atoms with Crippen LogP contribution in [0, 0.1) is 0 Å². The molecule has 0 fully saturated rings. The van der Waals surface area contributed by atoms with E-state index in [-0.39, 0.29) is 5.54 Å². The van der Waals surface area contributed by atoms with Crippen LogP contribution in [0.3, 0.4) is 0 Å². The van der Waals surface area contributed by atoms with Crippen LogP contribution in [0.2, 0.25) is 0 Å². The van der Waals surface area contributed by atoms with Crippen LogP contribution >= 0.6 is 11.3 Å². The smallest absolute Gasteiger partial charge is 0.345 e. The molecule has 1 aromatic heterocycles. The van der Waals surface area contributed by atoms with E-state index in [2.05, 4.69) is 43.4 Å². The second-order valence-corrected chi connectivity index (χ2v) is 6.96. The average Bonchev–Trinajstić information content (AvgIpc) is 2.94. The summed E-state index contributed by atoms with van der Waals surface area (Å²) in [6.45, 7) is 5.07. The van der Waals surface area contributed by atoms with E-state index in [1.807, 2.05) is 12.1 Å². The van der Waals surface area contributed by atoms with E-state index in [0.29, 0.717) is 11.4 Å². The van der Waals surface area contributed by atoms with Gasteiger partial charge in [-0.3, -0.25) is 0 Å². The number of aromatic carboxylic acids is 1. The SMILES string of the molecule is CC(C)(CCc1ccccc1)NCc1ccc(C(=O)O)s1. The fourth-order valence-electron chi connectivity index (χ4n) is 2.10. The van der Waals surface area contributed by atoms with Gasteiger partial charge in [0.1, 0.15) is 4.88 Å². The number of hydrogen-bond acceptors (Lipinski definition) is 3. The summed E-state index contributed by atoms with van der Waals surface area (Å²) in [6.07, 6.45) is 2.07. The first-order valence-electron chi connectivity index (χ1n) is 7.07. The Labute approximate surface area is 129 Å². The third-order valence-electron chi connectivity index (χ3n) is 3.50. The van der Waals surface area contributed by atoms with Crippen molar-refractivity contribution < 1.29 is 9.90 Å². The van der Waals surface area contributed by atoms with Crippen LogP contribution in [-0.2, 0) is 13.0 Å². The van der Waals surface area contributed by atoms with Crippen LogP contribution in [0.15, 0.2) is 42.5 Å². The molecule has 0 aliphatic carbocycles. The highest BCUT2D eigenvalue weighted by molar-refractivity contribution is 7.13. The number of benzene rings is 1. The Morgan fingerprint density at radius 1 is 1.19 bits per heavy atom. The Morgan fingerprint density at radius 2 is 1.90 bits per heavy atom. The van der Waals surface area contributed by atoms with Crippen molar-refractivity contribution in [1.82, 2.24) is 5.32 Å². The highest BCUT2D eigenvalue weighted by Crippen LogP contribution is 2.19. The van der Waals surface area contributed by atoms with Crippen molar-refractivity contribution in [2.45, 2.75) is 38.8 Å². The number of carboxylic acids is 1. The maximum atomic E-state index is 10.9. The third kappa shape index (κ3) is 4.99. The number of nitrogens with one attached hydrogen (secondary N) is 1. The molecule has 4 heteroatoms. The van der Waals surface area contributed by atoms with Crippen molar-refractivity contribution in [3.63, 3.8) is 0 Å². The van der Waals surface area contributed by atoms with Gasteiger partial charge in [0, 0.05) is 17.0 Å². The molecule has 2 aromatic rings. The maximum Gasteiger partial charge on any atom is 0.345 e. The van der Waals surface area contributed by atoms with Crippen molar-refractivity contribution in [1.29, 1.82) is 0 Å². The van der Waals surface area contributed by atoms with Gasteiger partial charge in [0.25, 0.3) is 0 Å². The summed E-state index contributed by atoms with van der Waals surface area (Å²) in [5, 5.41) is 12.4. The Hall–Kier alpha value is -1.65. The zero-order chi connectivity index (χ0) is 15.3. The second kappa shape index (κ2) is 6.87. The topological polar surface area (TPSA) is 49.3 Å². The lowest BCUT2D eigenvalue weighted by molar-refractivity contribution is 0.0702. The van der Waals surface area contributed by atoms with E-state index in [0.717, 1.165) is 17.7 Å². The molecule has 0 radical (unpaired) electrons. The molecular formula is C17H21NO2S. The van der Waals surface area contributed by atoms with E-state index in [1.165, 1.54) is 16.9 Å². The van der Waals surface area contributed by atoms with Gasteiger partial charge in [0.2, 0.25) is 0 Å². The minimum atomic E-state index is -0.852. The molecule has 0 unspecified atom stereocenters. The molecule has 0 saturated carbocycles. The molecule has 1 aromatic carbocycles. The summed E-state index contributed by atoms with van der Waals surface area (Å²) in [6, 6.07) is 14.0. The van der Waals surface area contributed by atoms with E-state index in [4.69, 9.17) is 5.11 Å². The maximum absolute atomic E-state index is 10.9. The van der Waals surface area contributed by atoms with Gasteiger partial charge in [0.15, 0.2) is 0 Å². The molecule has 112 valence electrons. The van der Waals surface area contributed by atoms with Gasteiger partial charge in [-0.05, 0) is 44.4 Å². The van der Waals surface area contributed by atoms with Crippen LogP contribution in [0.5, 0.6) is 0 Å². The number of aryl methyl sites for hydroxylation is 1. The highest BCUT2D eigenvalue weighted by Gasteiger charge is 2.17. The summed E-state index contributed by atoms with van der Waals surface area (Å²) >= 11 is 1.33. The van der Waals surface area contributed by atoms with Crippen molar-refractivity contribution in [3.05, 3.63) is 57.8 Å². The van der Waals surface area contributed by atoms with Crippen molar-refractivity contribution in [3.8, 4) is 0 Å². The molecular weight excluding hydrogens is 282 g/mol. The predicted octanol–water partition coefficient (Wildman–Crippen LogP) is 3.95. The summed E-state index contributed by atoms with van der Waals surface area (Å²) in [5.41, 5.74) is 1.36. The molecule has 0 spiro atoms. The van der Waals surface area contributed by atoms with Crippen LogP contribution in [0.1, 0.15) is 40.4 Å². The predicted molar refractivity (Wildman–Crippen MR) is 87.0 cm³/mol. The summed E-state index contributed by atoms with van der Waals surface area (Å²) in [4.78, 5) is 12.3. The van der Waals surface area contributed by atoms with Gasteiger partial charge in [0.05, 0.1) is 0 Å². The summed E-state index contributed by atoms with van der Waals surface area (Å²) < 4.78 is 0. The zero-order valence-electron chi connectivity index (χ0n) is 12.4. The third-order valence-corrected chi connectivity index (χ3v) is 4.57. The first-order chi connectivity index (χ1) is 9.96. The molecule has 3 nitrogen and oxygen atoms in total. The molecule has 0 atom stereocenters. The van der Waals surface area contributed by atoms with Gasteiger partial charge in [-0.2, -0.15) is 0 Å². The van der Waals surface area contributed by atoms with Gasteiger partial charge in [-0.1, -0.05) is 30.3 Å². The van der Waals surface area contributed by atoms with Crippen molar-refractivity contribution >= 4 is 17.3 Å². The molecule has 0 amide bonds. The van der Waals surface area contributed by atoms with Gasteiger partial charge in [-0.15, -0.1) is 11.3 Å². The van der Waals surface area contributed by atoms with E-state index in [9.17, 15) is 4.79 Å². The van der Waals surface area contributed by atoms with Crippen LogP contribution < -0.4 is 5.32 Å². The summed E-state index contributed by atoms with van der Waals surface area (Å²) in [7, 11) is 0. The lowest BCUT2D eigenvalue weighted by Crippen LogP contribution is -2.38. The monoisotopic (exact) mass is 303 g/mol. The van der Waals surface area contributed by atoms with Gasteiger partial charge >= 0.3 is 5.97 Å². The molecule has 2 rings (SSSR count). The molecule has 1 heterocycles. The number of rotatable bonds is 7. The normalized spacial score (nSPS) is 11.5. The number of hydrogen-bond donors (Lipinski definition) is 2. The van der Waals surface area contributed by atoms with E-state index < -0.39 is 5.97 Å². The molecule has 0 aliphatic rings. The van der Waals surface area contributed by atoms with Gasteiger partial charge in [-0.25, -0.2) is 4.79 Å². The van der Waals surface area contributed by atoms with Gasteiger partial charge < -0.3 is 10.4 Å². The lowest BCUT2D eigenvalue weighted by atomic mass is 9.95. The number of thiophene rings is 1. The zero-order valence-corrected chi connectivity index (χ0v) is 13.2. The highest BCUT2D eigenvalue weighted by atomic mass is 32.1. The fraction of sp³-hybridized carbons (Fsp3) is 0.353. The van der Waals surface area contributed by atoms with Crippen LogP contribution in [0.4, 0.5) is 0 Å². The minimum Gasteiger partial charge on any atom is -0.477 e. The molecule has 0 bridgehead atoms. The average molecular weight is 303 g/mol. The Morgan fingerprint density at radius 3 is 2.52 bits per heavy atom. The summed E-state index contributed by atoms with van der Waals surface area (Å²) in [5.74, 6) is -0.852. The molecule has 0 saturated heterocycles. The van der Waals surface area contributed by atoms with Crippen molar-refractivity contribution in [2.24, 2.45) is 0 Å². The Kier molecular flexibility index (Phi) is 5.15. The largest absolute Gasteiger partial charge is 0.477 e. The fourth-order valence-corrected chi connectivity index (χ4v) is 2.89. The molecule has 2 N–H and O–H groups in total. The Bertz CT molecular complexity index is 590. The number of carbonyl (C=O) groups is 1. The quantitative estimate of drug-likeness (QED) is 0.814. The van der Waals surface area contributed by atoms with Crippen molar-refractivity contribution in [2.75, 3.05) is 0 Å². The molecule has 0 aliphatic heterocycles. The van der Waals surface area contributed by atoms with E-state index >= 15 is 0 Å². The first-order valence-corrected chi connectivity index (χ1v) is 7.89. The standard InChI is InChI=1S/C17H21NO2S/c1-17(2,11-10-13-6-4-3-5-7-13)18-12-14-8-9-15(21-14)16(19)20/h3-9,18H,10-12H2,1-2H3,(H,19,20). The molecule has 21 heavy (non-hydrogen) atoms. The lowest BCUT2D eigenvalue weighted by Gasteiger charge is -2.26. The minimum absolute atomic E-state index is 0.0171. The van der Waals surface area contributed by atoms with Crippen LogP contribution in [0.25, 0.3) is 0 Å². The van der Waals surface area contributed by atoms with Crippen LogP contribution in [-0.4, -0.2) is 16.6 Å². The number of carboxylic acid groups (broad SMARTS) is 1.